The van der Waals surface area contributed by atoms with Crippen molar-refractivity contribution >= 4 is 17.5 Å². The van der Waals surface area contributed by atoms with E-state index < -0.39 is 0 Å². The molecule has 0 bridgehead atoms. The molecule has 4 rings (SSSR count). The lowest BCUT2D eigenvalue weighted by Crippen LogP contribution is -2.25. The first-order chi connectivity index (χ1) is 13.4. The lowest BCUT2D eigenvalue weighted by molar-refractivity contribution is 0.0951. The first-order valence-electron chi connectivity index (χ1n) is 9.43. The third kappa shape index (κ3) is 3.78. The van der Waals surface area contributed by atoms with Gasteiger partial charge in [0.15, 0.2) is 5.82 Å². The molecule has 6 nitrogen and oxygen atoms in total. The Balaban J connectivity index is 1.85. The van der Waals surface area contributed by atoms with Crippen molar-refractivity contribution in [1.82, 2.24) is 25.5 Å². The van der Waals surface area contributed by atoms with E-state index in [4.69, 9.17) is 11.6 Å². The van der Waals surface area contributed by atoms with Crippen LogP contribution < -0.4 is 5.32 Å². The lowest BCUT2D eigenvalue weighted by Gasteiger charge is -2.13. The number of amides is 1. The second-order valence-corrected chi connectivity index (χ2v) is 8.01. The molecule has 0 radical (unpaired) electrons. The molecule has 1 fully saturated rings. The molecule has 28 heavy (non-hydrogen) atoms. The van der Waals surface area contributed by atoms with Crippen LogP contribution in [0.1, 0.15) is 54.4 Å². The molecule has 0 aliphatic heterocycles. The van der Waals surface area contributed by atoms with E-state index in [-0.39, 0.29) is 17.9 Å². The van der Waals surface area contributed by atoms with E-state index in [0.29, 0.717) is 10.6 Å². The largest absolute Gasteiger partial charge is 0.349 e. The fourth-order valence-electron chi connectivity index (χ4n) is 3.11. The topological polar surface area (TPSA) is 72.7 Å². The predicted octanol–water partition coefficient (Wildman–Crippen LogP) is 4.31. The Morgan fingerprint density at radius 1 is 1.21 bits per heavy atom. The molecule has 0 spiro atoms. The van der Waals surface area contributed by atoms with Crippen LogP contribution in [0.2, 0.25) is 5.02 Å². The maximum Gasteiger partial charge on any atom is 0.251 e. The summed E-state index contributed by atoms with van der Waals surface area (Å²) in [5.74, 6) is 0.791. The van der Waals surface area contributed by atoms with Gasteiger partial charge in [0.2, 0.25) is 0 Å². The number of nitrogens with zero attached hydrogens (tertiary/aromatic N) is 4. The maximum atomic E-state index is 12.8. The van der Waals surface area contributed by atoms with E-state index in [1.54, 1.807) is 4.68 Å². The van der Waals surface area contributed by atoms with Gasteiger partial charge >= 0.3 is 0 Å². The molecule has 1 aliphatic rings. The average molecular weight is 396 g/mol. The minimum absolute atomic E-state index is 0.0898. The number of hydrogen-bond acceptors (Lipinski definition) is 4. The minimum Gasteiger partial charge on any atom is -0.349 e. The summed E-state index contributed by atoms with van der Waals surface area (Å²) in [7, 11) is 0. The van der Waals surface area contributed by atoms with E-state index >= 15 is 0 Å². The molecule has 1 saturated carbocycles. The Morgan fingerprint density at radius 2 is 2.00 bits per heavy atom. The van der Waals surface area contributed by atoms with Crippen molar-refractivity contribution in [3.63, 3.8) is 0 Å². The molecule has 0 atom stereocenters. The number of hydrogen-bond donors (Lipinski definition) is 1. The van der Waals surface area contributed by atoms with Crippen LogP contribution in [0.15, 0.2) is 36.4 Å². The maximum absolute atomic E-state index is 12.8. The fourth-order valence-corrected chi connectivity index (χ4v) is 3.45. The number of carbonyl (C=O) groups excluding carboxylic acids is 1. The Hall–Kier alpha value is -2.73. The lowest BCUT2D eigenvalue weighted by atomic mass is 10.00. The van der Waals surface area contributed by atoms with Crippen LogP contribution in [0.5, 0.6) is 0 Å². The van der Waals surface area contributed by atoms with Gasteiger partial charge in [-0.3, -0.25) is 4.79 Å². The summed E-state index contributed by atoms with van der Waals surface area (Å²) >= 11 is 6.50. The number of aromatic nitrogens is 4. The normalized spacial score (nSPS) is 13.8. The first kappa shape index (κ1) is 18.6. The van der Waals surface area contributed by atoms with Crippen LogP contribution in [-0.2, 0) is 0 Å². The second-order valence-electron chi connectivity index (χ2n) is 7.60. The Morgan fingerprint density at radius 3 is 2.68 bits per heavy atom. The van der Waals surface area contributed by atoms with Gasteiger partial charge in [-0.25, -0.2) is 0 Å². The standard InChI is InChI=1S/C21H22ClN5O/c1-12(2)20-24-25-26-27(20)17-10-14(18-7-4-13(3)8-19(18)22)9-15(11-17)21(28)23-16-5-6-16/h4,7-12,16H,5-6H2,1-3H3,(H,23,28). The molecule has 0 saturated heterocycles. The van der Waals surface area contributed by atoms with Gasteiger partial charge in [0.1, 0.15) is 0 Å². The number of rotatable bonds is 5. The molecule has 3 aromatic rings. The van der Waals surface area contributed by atoms with Crippen molar-refractivity contribution in [2.24, 2.45) is 0 Å². The molecular weight excluding hydrogens is 374 g/mol. The number of tetrazole rings is 1. The average Bonchev–Trinajstić information content (AvgIpc) is 3.32. The highest BCUT2D eigenvalue weighted by atomic mass is 35.5. The van der Waals surface area contributed by atoms with E-state index in [0.717, 1.165) is 41.0 Å². The predicted molar refractivity (Wildman–Crippen MR) is 109 cm³/mol. The monoisotopic (exact) mass is 395 g/mol. The van der Waals surface area contributed by atoms with Crippen molar-refractivity contribution in [2.75, 3.05) is 0 Å². The van der Waals surface area contributed by atoms with Gasteiger partial charge in [-0.05, 0) is 65.6 Å². The van der Waals surface area contributed by atoms with E-state index in [1.165, 1.54) is 0 Å². The van der Waals surface area contributed by atoms with Crippen molar-refractivity contribution in [3.05, 3.63) is 58.4 Å². The summed E-state index contributed by atoms with van der Waals surface area (Å²) in [4.78, 5) is 12.8. The third-order valence-electron chi connectivity index (χ3n) is 4.78. The summed E-state index contributed by atoms with van der Waals surface area (Å²) in [5.41, 5.74) is 4.12. The summed E-state index contributed by atoms with van der Waals surface area (Å²) < 4.78 is 1.68. The molecule has 1 aromatic heterocycles. The summed E-state index contributed by atoms with van der Waals surface area (Å²) in [6.07, 6.45) is 2.07. The van der Waals surface area contributed by atoms with Crippen LogP contribution in [0.3, 0.4) is 0 Å². The van der Waals surface area contributed by atoms with Crippen LogP contribution in [0.25, 0.3) is 16.8 Å². The van der Waals surface area contributed by atoms with E-state index in [1.807, 2.05) is 57.2 Å². The van der Waals surface area contributed by atoms with Gasteiger partial charge in [0, 0.05) is 28.1 Å². The van der Waals surface area contributed by atoms with Gasteiger partial charge in [0.05, 0.1) is 5.69 Å². The molecular formula is C21H22ClN5O. The zero-order valence-electron chi connectivity index (χ0n) is 16.1. The molecule has 1 heterocycles. The number of aryl methyl sites for hydroxylation is 1. The van der Waals surface area contributed by atoms with Crippen molar-refractivity contribution in [3.8, 4) is 16.8 Å². The highest BCUT2D eigenvalue weighted by Crippen LogP contribution is 2.32. The minimum atomic E-state index is -0.0898. The van der Waals surface area contributed by atoms with Crippen molar-refractivity contribution < 1.29 is 4.79 Å². The van der Waals surface area contributed by atoms with E-state index in [2.05, 4.69) is 20.8 Å². The quantitative estimate of drug-likeness (QED) is 0.698. The van der Waals surface area contributed by atoms with Gasteiger partial charge < -0.3 is 5.32 Å². The fraction of sp³-hybridized carbons (Fsp3) is 0.333. The summed E-state index contributed by atoms with van der Waals surface area (Å²) in [5, 5.41) is 15.8. The number of benzene rings is 2. The van der Waals surface area contributed by atoms with Gasteiger partial charge in [-0.2, -0.15) is 4.68 Å². The van der Waals surface area contributed by atoms with Gasteiger partial charge in [0.25, 0.3) is 5.91 Å². The Bertz CT molecular complexity index is 1040. The zero-order valence-corrected chi connectivity index (χ0v) is 16.9. The number of halogens is 1. The second kappa shape index (κ2) is 7.36. The van der Waals surface area contributed by atoms with E-state index in [9.17, 15) is 4.79 Å². The van der Waals surface area contributed by atoms with Gasteiger partial charge in [-0.1, -0.05) is 37.6 Å². The molecule has 144 valence electrons. The van der Waals surface area contributed by atoms with Crippen LogP contribution >= 0.6 is 11.6 Å². The molecule has 7 heteroatoms. The highest BCUT2D eigenvalue weighted by molar-refractivity contribution is 6.33. The SMILES string of the molecule is Cc1ccc(-c2cc(C(=O)NC3CC3)cc(-n3nnnc3C(C)C)c2)c(Cl)c1. The van der Waals surface area contributed by atoms with Crippen molar-refractivity contribution in [2.45, 2.75) is 45.6 Å². The molecule has 1 aliphatic carbocycles. The van der Waals surface area contributed by atoms with Crippen LogP contribution in [0, 0.1) is 6.92 Å². The third-order valence-corrected chi connectivity index (χ3v) is 5.10. The Kier molecular flexibility index (Phi) is 4.89. The van der Waals surface area contributed by atoms with Crippen LogP contribution in [0.4, 0.5) is 0 Å². The van der Waals surface area contributed by atoms with Crippen molar-refractivity contribution in [1.29, 1.82) is 0 Å². The molecule has 1 N–H and O–H groups in total. The van der Waals surface area contributed by atoms with Gasteiger partial charge in [-0.15, -0.1) is 5.10 Å². The highest BCUT2D eigenvalue weighted by Gasteiger charge is 2.25. The number of nitrogens with one attached hydrogen (secondary N) is 1. The molecule has 1 amide bonds. The summed E-state index contributed by atoms with van der Waals surface area (Å²) in [6, 6.07) is 11.8. The smallest absolute Gasteiger partial charge is 0.251 e. The first-order valence-corrected chi connectivity index (χ1v) is 9.81. The molecule has 0 unspecified atom stereocenters. The Labute approximate surface area is 168 Å². The number of carbonyl (C=O) groups is 1. The zero-order chi connectivity index (χ0) is 19.8. The molecule has 2 aromatic carbocycles. The summed E-state index contributed by atoms with van der Waals surface area (Å²) in [6.45, 7) is 6.06. The van der Waals surface area contributed by atoms with Crippen LogP contribution in [-0.4, -0.2) is 32.2 Å².